The maximum atomic E-state index is 13.6. The van der Waals surface area contributed by atoms with Gasteiger partial charge in [0, 0.05) is 54.7 Å². The van der Waals surface area contributed by atoms with E-state index in [0.29, 0.717) is 16.9 Å². The second-order valence-corrected chi connectivity index (χ2v) is 7.87. The number of benzene rings is 2. The number of hydrazine groups is 1. The van der Waals surface area contributed by atoms with E-state index in [4.69, 9.17) is 16.3 Å². The van der Waals surface area contributed by atoms with Gasteiger partial charge in [0.1, 0.15) is 0 Å². The third kappa shape index (κ3) is 6.74. The number of halogens is 3. The number of aryl methyl sites for hydroxylation is 1. The molecule has 0 saturated heterocycles. The molecule has 3 rings (SSSR count). The van der Waals surface area contributed by atoms with Crippen LogP contribution in [0.3, 0.4) is 0 Å². The third-order valence-electron chi connectivity index (χ3n) is 5.23. The Kier molecular flexibility index (Phi) is 8.51. The molecule has 190 valence electrons. The van der Waals surface area contributed by atoms with Crippen molar-refractivity contribution in [2.75, 3.05) is 35.9 Å². The van der Waals surface area contributed by atoms with E-state index in [1.54, 1.807) is 43.6 Å². The molecule has 6 N–H and O–H groups in total. The van der Waals surface area contributed by atoms with Crippen molar-refractivity contribution in [1.82, 2.24) is 4.98 Å². The molecular weight excluding hydrogens is 473 g/mol. The van der Waals surface area contributed by atoms with Gasteiger partial charge in [-0.25, -0.2) is 5.84 Å². The minimum Gasteiger partial charge on any atom is -0.397 e. The first-order valence-corrected chi connectivity index (χ1v) is 10.9. The molecule has 8 nitrogen and oxygen atoms in total. The lowest BCUT2D eigenvalue weighted by molar-refractivity contribution is -0.136. The van der Waals surface area contributed by atoms with E-state index in [9.17, 15) is 18.0 Å². The predicted molar refractivity (Wildman–Crippen MR) is 134 cm³/mol. The van der Waals surface area contributed by atoms with E-state index in [1.165, 1.54) is 36.5 Å². The van der Waals surface area contributed by atoms with Gasteiger partial charge >= 0.3 is 6.18 Å². The highest BCUT2D eigenvalue weighted by Gasteiger charge is 2.34. The van der Waals surface area contributed by atoms with Crippen molar-refractivity contribution in [3.63, 3.8) is 0 Å². The maximum Gasteiger partial charge on any atom is 0.418 e. The molecule has 11 heteroatoms. The number of hydrogen-bond acceptors (Lipinski definition) is 7. The van der Waals surface area contributed by atoms with Crippen LogP contribution in [0.15, 0.2) is 67.1 Å². The normalized spacial score (nSPS) is 11.8. The zero-order valence-corrected chi connectivity index (χ0v) is 19.8. The van der Waals surface area contributed by atoms with Crippen LogP contribution in [-0.4, -0.2) is 31.2 Å². The summed E-state index contributed by atoms with van der Waals surface area (Å²) in [6.45, 7) is 2.25. The molecule has 0 fully saturated rings. The number of nitrogens with zero attached hydrogens (tertiary/aromatic N) is 2. The number of methoxy groups -OCH3 is 1. The second-order valence-electron chi connectivity index (χ2n) is 7.87. The third-order valence-corrected chi connectivity index (χ3v) is 5.23. The highest BCUT2D eigenvalue weighted by molar-refractivity contribution is 6.05. The minimum absolute atomic E-state index is 0.00272. The summed E-state index contributed by atoms with van der Waals surface area (Å²) in [5, 5.41) is 6.48. The van der Waals surface area contributed by atoms with E-state index in [-0.39, 0.29) is 30.1 Å². The summed E-state index contributed by atoms with van der Waals surface area (Å²) in [7, 11) is 1.46. The number of nitrogens with one attached hydrogen (secondary N) is 2. The fraction of sp³-hybridized carbons (Fsp3) is 0.200. The van der Waals surface area contributed by atoms with Gasteiger partial charge in [-0.2, -0.15) is 13.2 Å². The summed E-state index contributed by atoms with van der Waals surface area (Å²) in [6, 6.07) is 11.8. The maximum absolute atomic E-state index is 13.6. The molecule has 3 aromatic rings. The average molecular weight is 501 g/mol. The number of rotatable bonds is 9. The first kappa shape index (κ1) is 26.5. The molecule has 0 aliphatic heterocycles. The van der Waals surface area contributed by atoms with Crippen molar-refractivity contribution in [3.05, 3.63) is 89.4 Å². The van der Waals surface area contributed by atoms with Gasteiger partial charge < -0.3 is 21.1 Å². The van der Waals surface area contributed by atoms with Crippen molar-refractivity contribution >= 4 is 28.7 Å². The van der Waals surface area contributed by atoms with Gasteiger partial charge in [-0.1, -0.05) is 6.07 Å². The van der Waals surface area contributed by atoms with Crippen LogP contribution in [-0.2, 0) is 10.9 Å². The van der Waals surface area contributed by atoms with Crippen LogP contribution in [0.1, 0.15) is 27.0 Å². The zero-order valence-electron chi connectivity index (χ0n) is 19.8. The van der Waals surface area contributed by atoms with Gasteiger partial charge in [-0.05, 0) is 55.0 Å². The van der Waals surface area contributed by atoms with E-state index in [1.807, 2.05) is 0 Å². The molecule has 0 aliphatic rings. The van der Waals surface area contributed by atoms with Crippen molar-refractivity contribution in [2.45, 2.75) is 13.1 Å². The van der Waals surface area contributed by atoms with Gasteiger partial charge in [0.2, 0.25) is 0 Å². The summed E-state index contributed by atoms with van der Waals surface area (Å²) >= 11 is 0. The van der Waals surface area contributed by atoms with Gasteiger partial charge in [-0.15, -0.1) is 0 Å². The van der Waals surface area contributed by atoms with Gasteiger partial charge in [-0.3, -0.25) is 14.8 Å². The van der Waals surface area contributed by atoms with E-state index < -0.39 is 17.6 Å². The molecular formula is C25H27F3N6O2. The fourth-order valence-electron chi connectivity index (χ4n) is 3.36. The highest BCUT2D eigenvalue weighted by atomic mass is 19.4. The Hall–Kier alpha value is -4.09. The number of carbonyl (C=O) groups is 1. The number of hydrogen-bond donors (Lipinski definition) is 4. The smallest absolute Gasteiger partial charge is 0.397 e. The molecule has 1 aromatic heterocycles. The second kappa shape index (κ2) is 11.6. The number of amides is 1. The van der Waals surface area contributed by atoms with E-state index in [0.717, 1.165) is 11.6 Å². The molecule has 0 bridgehead atoms. The Morgan fingerprint density at radius 3 is 2.61 bits per heavy atom. The Labute approximate surface area is 206 Å². The Morgan fingerprint density at radius 1 is 1.17 bits per heavy atom. The van der Waals surface area contributed by atoms with Crippen LogP contribution in [0.5, 0.6) is 0 Å². The first-order valence-electron chi connectivity index (χ1n) is 10.9. The van der Waals surface area contributed by atoms with Crippen LogP contribution in [0.2, 0.25) is 0 Å². The largest absolute Gasteiger partial charge is 0.418 e. The van der Waals surface area contributed by atoms with Crippen molar-refractivity contribution in [2.24, 2.45) is 11.6 Å². The molecule has 1 heterocycles. The number of pyridine rings is 1. The highest BCUT2D eigenvalue weighted by Crippen LogP contribution is 2.36. The molecule has 0 radical (unpaired) electrons. The molecule has 36 heavy (non-hydrogen) atoms. The SMILES string of the molecule is COCCNc1ccc(NC(=O)c2ccc(C)c(N(N)/C=C(\N)c3cccnc3)c2)cc1C(F)(F)F. The van der Waals surface area contributed by atoms with Crippen molar-refractivity contribution in [1.29, 1.82) is 0 Å². The standard InChI is InChI=1S/C25H27F3N6O2/c1-16-5-6-17(12-23(16)34(30)15-21(29)18-4-3-9-31-14-18)24(35)33-19-7-8-22(32-10-11-36-2)20(13-19)25(26,27)28/h3-9,12-15,32H,10-11,29-30H2,1-2H3,(H,33,35)/b21-15-. The first-order chi connectivity index (χ1) is 17.1. The molecule has 0 unspecified atom stereocenters. The van der Waals surface area contributed by atoms with Crippen LogP contribution in [0.25, 0.3) is 5.70 Å². The van der Waals surface area contributed by atoms with Crippen LogP contribution in [0, 0.1) is 6.92 Å². The predicted octanol–water partition coefficient (Wildman–Crippen LogP) is 4.36. The van der Waals surface area contributed by atoms with Crippen LogP contribution >= 0.6 is 0 Å². The number of nitrogens with two attached hydrogens (primary N) is 2. The number of anilines is 3. The molecule has 0 spiro atoms. The number of carbonyl (C=O) groups excluding carboxylic acids is 1. The Morgan fingerprint density at radius 2 is 1.94 bits per heavy atom. The molecule has 2 aromatic carbocycles. The van der Waals surface area contributed by atoms with E-state index in [2.05, 4.69) is 15.6 Å². The summed E-state index contributed by atoms with van der Waals surface area (Å²) in [5.41, 5.74) is 7.57. The number of ether oxygens (including phenoxy) is 1. The average Bonchev–Trinajstić information content (AvgIpc) is 2.85. The minimum atomic E-state index is -4.62. The quantitative estimate of drug-likeness (QED) is 0.196. The van der Waals surface area contributed by atoms with Crippen LogP contribution < -0.4 is 27.2 Å². The lowest BCUT2D eigenvalue weighted by Gasteiger charge is -2.19. The monoisotopic (exact) mass is 500 g/mol. The topological polar surface area (TPSA) is 119 Å². The van der Waals surface area contributed by atoms with Crippen molar-refractivity contribution < 1.29 is 22.7 Å². The fourth-order valence-corrected chi connectivity index (χ4v) is 3.36. The molecule has 0 aliphatic carbocycles. The van der Waals surface area contributed by atoms with Crippen molar-refractivity contribution in [3.8, 4) is 0 Å². The summed E-state index contributed by atoms with van der Waals surface area (Å²) < 4.78 is 45.6. The lowest BCUT2D eigenvalue weighted by atomic mass is 10.1. The Balaban J connectivity index is 1.82. The van der Waals surface area contributed by atoms with Gasteiger partial charge in [0.05, 0.1) is 23.6 Å². The zero-order chi connectivity index (χ0) is 26.3. The van der Waals surface area contributed by atoms with Crippen LogP contribution in [0.4, 0.5) is 30.2 Å². The molecule has 1 amide bonds. The van der Waals surface area contributed by atoms with Gasteiger partial charge in [0.25, 0.3) is 5.91 Å². The molecule has 0 saturated carbocycles. The summed E-state index contributed by atoms with van der Waals surface area (Å²) in [6.07, 6.45) is 0.0794. The summed E-state index contributed by atoms with van der Waals surface area (Å²) in [4.78, 5) is 16.9. The number of aromatic nitrogens is 1. The number of alkyl halides is 3. The molecule has 0 atom stereocenters. The summed E-state index contributed by atoms with van der Waals surface area (Å²) in [5.74, 6) is 5.58. The Bertz CT molecular complexity index is 1230. The van der Waals surface area contributed by atoms with E-state index >= 15 is 0 Å². The van der Waals surface area contributed by atoms with Gasteiger partial charge in [0.15, 0.2) is 0 Å². The lowest BCUT2D eigenvalue weighted by Crippen LogP contribution is -2.27.